The van der Waals surface area contributed by atoms with Gasteiger partial charge in [0.15, 0.2) is 0 Å². The molecule has 2 amide bonds. The van der Waals surface area contributed by atoms with Crippen molar-refractivity contribution in [3.05, 3.63) is 81.9 Å². The monoisotopic (exact) mass is 378 g/mol. The maximum Gasteiger partial charge on any atom is 0.270 e. The van der Waals surface area contributed by atoms with Crippen LogP contribution in [0.3, 0.4) is 0 Å². The van der Waals surface area contributed by atoms with Crippen LogP contribution < -0.4 is 10.7 Å². The smallest absolute Gasteiger partial charge is 0.270 e. The Kier molecular flexibility index (Phi) is 5.91. The van der Waals surface area contributed by atoms with Gasteiger partial charge < -0.3 is 5.32 Å². The maximum absolute atomic E-state index is 12.4. The number of nitro benzene ring substituents is 1. The van der Waals surface area contributed by atoms with Crippen LogP contribution in [0.5, 0.6) is 0 Å². The molecule has 0 bridgehead atoms. The number of hydrazone groups is 1. The largest absolute Gasteiger partial charge is 0.355 e. The van der Waals surface area contributed by atoms with E-state index in [1.807, 2.05) is 30.3 Å². The number of carbonyl (C=O) groups excluding carboxylic acids is 2. The van der Waals surface area contributed by atoms with Gasteiger partial charge in [0.1, 0.15) is 5.92 Å². The van der Waals surface area contributed by atoms with Gasteiger partial charge in [-0.2, -0.15) is 5.10 Å². The minimum Gasteiger partial charge on any atom is -0.355 e. The molecule has 0 aromatic heterocycles. The highest BCUT2D eigenvalue weighted by Crippen LogP contribution is 2.28. The summed E-state index contributed by atoms with van der Waals surface area (Å²) in [6, 6.07) is 15.5. The zero-order valence-corrected chi connectivity index (χ0v) is 14.8. The maximum atomic E-state index is 12.4. The number of nitrogens with zero attached hydrogens (tertiary/aromatic N) is 2. The number of hydrogen-bond donors (Lipinski definition) is 2. The van der Waals surface area contributed by atoms with E-state index in [4.69, 9.17) is 0 Å². The number of allylic oxidation sites excluding steroid dienone is 1. The van der Waals surface area contributed by atoms with Crippen molar-refractivity contribution in [1.82, 2.24) is 10.7 Å². The molecule has 142 valence electrons. The third-order valence-electron chi connectivity index (χ3n) is 4.40. The van der Waals surface area contributed by atoms with Gasteiger partial charge in [-0.1, -0.05) is 48.5 Å². The van der Waals surface area contributed by atoms with Crippen LogP contribution in [0.15, 0.2) is 65.8 Å². The second-order valence-electron chi connectivity index (χ2n) is 6.21. The molecular weight excluding hydrogens is 360 g/mol. The van der Waals surface area contributed by atoms with Gasteiger partial charge >= 0.3 is 0 Å². The van der Waals surface area contributed by atoms with Crippen molar-refractivity contribution in [2.24, 2.45) is 11.0 Å². The third kappa shape index (κ3) is 4.47. The standard InChI is InChI=1S/C20H18N4O4/c25-19-18(17(13-21-19)15-8-2-1-3-9-15)20(26)23-22-11-5-7-14-6-4-10-16(12-14)24(27)28/h1-12,17-18H,13H2,(H,21,25)(H,23,26)/b7-5+,22-11-. The van der Waals surface area contributed by atoms with Crippen molar-refractivity contribution in [1.29, 1.82) is 0 Å². The number of non-ortho nitro benzene ring substituents is 1. The first kappa shape index (κ1) is 19.0. The first-order valence-electron chi connectivity index (χ1n) is 8.63. The van der Waals surface area contributed by atoms with Gasteiger partial charge in [0.05, 0.1) is 4.92 Å². The number of carbonyl (C=O) groups is 2. The summed E-state index contributed by atoms with van der Waals surface area (Å²) in [7, 11) is 0. The third-order valence-corrected chi connectivity index (χ3v) is 4.40. The van der Waals surface area contributed by atoms with Gasteiger partial charge in [-0.15, -0.1) is 0 Å². The van der Waals surface area contributed by atoms with E-state index < -0.39 is 16.7 Å². The molecule has 0 saturated carbocycles. The predicted octanol–water partition coefficient (Wildman–Crippen LogP) is 2.24. The van der Waals surface area contributed by atoms with Gasteiger partial charge in [0.25, 0.3) is 11.6 Å². The number of nitro groups is 1. The molecule has 1 fully saturated rings. The molecule has 0 spiro atoms. The van der Waals surface area contributed by atoms with E-state index >= 15 is 0 Å². The van der Waals surface area contributed by atoms with Crippen LogP contribution in [-0.4, -0.2) is 29.5 Å². The number of hydrogen-bond acceptors (Lipinski definition) is 5. The highest BCUT2D eigenvalue weighted by atomic mass is 16.6. The highest BCUT2D eigenvalue weighted by molar-refractivity contribution is 6.03. The summed E-state index contributed by atoms with van der Waals surface area (Å²) in [4.78, 5) is 34.8. The minimum atomic E-state index is -0.847. The predicted molar refractivity (Wildman–Crippen MR) is 104 cm³/mol. The molecule has 2 aromatic rings. The topological polar surface area (TPSA) is 114 Å². The molecule has 3 rings (SSSR count). The first-order valence-corrected chi connectivity index (χ1v) is 8.63. The summed E-state index contributed by atoms with van der Waals surface area (Å²) < 4.78 is 0. The van der Waals surface area contributed by atoms with E-state index in [2.05, 4.69) is 15.8 Å². The lowest BCUT2D eigenvalue weighted by molar-refractivity contribution is -0.384. The fraction of sp³-hybridized carbons (Fsp3) is 0.150. The molecule has 8 nitrogen and oxygen atoms in total. The van der Waals surface area contributed by atoms with Gasteiger partial charge in [-0.3, -0.25) is 19.7 Å². The first-order chi connectivity index (χ1) is 13.6. The lowest BCUT2D eigenvalue weighted by Crippen LogP contribution is -2.34. The Labute approximate surface area is 161 Å². The Morgan fingerprint density at radius 1 is 1.21 bits per heavy atom. The minimum absolute atomic E-state index is 0.00779. The van der Waals surface area contributed by atoms with Crippen molar-refractivity contribution in [3.63, 3.8) is 0 Å². The van der Waals surface area contributed by atoms with Crippen LogP contribution in [-0.2, 0) is 9.59 Å². The second kappa shape index (κ2) is 8.72. The number of rotatable bonds is 6. The van der Waals surface area contributed by atoms with Crippen LogP contribution in [0.1, 0.15) is 17.0 Å². The van der Waals surface area contributed by atoms with E-state index in [1.165, 1.54) is 18.3 Å². The summed E-state index contributed by atoms with van der Waals surface area (Å²) in [5, 5.41) is 17.3. The van der Waals surface area contributed by atoms with Crippen molar-refractivity contribution in [2.75, 3.05) is 6.54 Å². The Morgan fingerprint density at radius 2 is 2.00 bits per heavy atom. The molecule has 2 N–H and O–H groups in total. The van der Waals surface area contributed by atoms with Crippen molar-refractivity contribution in [2.45, 2.75) is 5.92 Å². The van der Waals surface area contributed by atoms with E-state index in [0.29, 0.717) is 12.1 Å². The summed E-state index contributed by atoms with van der Waals surface area (Å²) in [5.41, 5.74) is 3.92. The molecule has 2 unspecified atom stereocenters. The summed E-state index contributed by atoms with van der Waals surface area (Å²) >= 11 is 0. The zero-order valence-electron chi connectivity index (χ0n) is 14.8. The van der Waals surface area contributed by atoms with E-state index in [-0.39, 0.29) is 17.5 Å². The average molecular weight is 378 g/mol. The average Bonchev–Trinajstić information content (AvgIpc) is 3.10. The normalized spacial score (nSPS) is 19.1. The van der Waals surface area contributed by atoms with Gasteiger partial charge in [-0.05, 0) is 17.2 Å². The van der Waals surface area contributed by atoms with E-state index in [0.717, 1.165) is 5.56 Å². The number of nitrogens with one attached hydrogen (secondary N) is 2. The van der Waals surface area contributed by atoms with E-state index in [9.17, 15) is 19.7 Å². The Morgan fingerprint density at radius 3 is 2.75 bits per heavy atom. The van der Waals surface area contributed by atoms with Crippen molar-refractivity contribution >= 4 is 29.8 Å². The fourth-order valence-electron chi connectivity index (χ4n) is 3.04. The molecule has 1 aliphatic rings. The Hall–Kier alpha value is -3.81. The fourth-order valence-corrected chi connectivity index (χ4v) is 3.04. The molecule has 8 heteroatoms. The summed E-state index contributed by atoms with van der Waals surface area (Å²) in [5.74, 6) is -1.90. The summed E-state index contributed by atoms with van der Waals surface area (Å²) in [6.07, 6.45) is 4.52. The van der Waals surface area contributed by atoms with Crippen LogP contribution in [0, 0.1) is 16.0 Å². The van der Waals surface area contributed by atoms with Crippen LogP contribution in [0.4, 0.5) is 5.69 Å². The van der Waals surface area contributed by atoms with Gasteiger partial charge in [-0.25, -0.2) is 5.43 Å². The Bertz CT molecular complexity index is 940. The molecular formula is C20H18N4O4. The molecule has 1 heterocycles. The van der Waals surface area contributed by atoms with E-state index in [1.54, 1.807) is 24.3 Å². The number of amides is 2. The number of benzene rings is 2. The van der Waals surface area contributed by atoms with Gasteiger partial charge in [0, 0.05) is 30.8 Å². The van der Waals surface area contributed by atoms with Crippen molar-refractivity contribution in [3.8, 4) is 0 Å². The molecule has 0 radical (unpaired) electrons. The molecule has 1 aliphatic heterocycles. The van der Waals surface area contributed by atoms with Crippen LogP contribution in [0.2, 0.25) is 0 Å². The lowest BCUT2D eigenvalue weighted by Gasteiger charge is -2.15. The second-order valence-corrected chi connectivity index (χ2v) is 6.21. The molecule has 0 aliphatic carbocycles. The lowest BCUT2D eigenvalue weighted by atomic mass is 9.88. The van der Waals surface area contributed by atoms with Crippen LogP contribution >= 0.6 is 0 Å². The quantitative estimate of drug-likeness (QED) is 0.347. The molecule has 28 heavy (non-hydrogen) atoms. The van der Waals surface area contributed by atoms with Gasteiger partial charge in [0.2, 0.25) is 5.91 Å². The zero-order chi connectivity index (χ0) is 19.9. The molecule has 1 saturated heterocycles. The highest BCUT2D eigenvalue weighted by Gasteiger charge is 2.40. The molecule has 2 atom stereocenters. The van der Waals surface area contributed by atoms with Crippen molar-refractivity contribution < 1.29 is 14.5 Å². The Balaban J connectivity index is 1.60. The SMILES string of the molecule is O=C1NCC(c2ccccc2)C1C(=O)N/N=C\C=C\c1cccc([N+](=O)[O-])c1. The van der Waals surface area contributed by atoms with Crippen LogP contribution in [0.25, 0.3) is 6.08 Å². The molecule has 2 aromatic carbocycles. The summed E-state index contributed by atoms with van der Waals surface area (Å²) in [6.45, 7) is 0.400.